The molecular formula is C34H45N9O2. The van der Waals surface area contributed by atoms with Crippen LogP contribution in [-0.2, 0) is 4.74 Å². The Kier molecular flexibility index (Phi) is 8.57. The zero-order chi connectivity index (χ0) is 30.8. The number of piperazine rings is 1. The number of rotatable bonds is 8. The van der Waals surface area contributed by atoms with Gasteiger partial charge in [0, 0.05) is 74.3 Å². The Balaban J connectivity index is 1.07. The maximum absolute atomic E-state index is 12.6. The fourth-order valence-corrected chi connectivity index (χ4v) is 7.29. The first-order valence-electron chi connectivity index (χ1n) is 16.5. The van der Waals surface area contributed by atoms with Crippen LogP contribution in [0.5, 0.6) is 0 Å². The van der Waals surface area contributed by atoms with Crippen molar-refractivity contribution in [1.82, 2.24) is 24.8 Å². The third kappa shape index (κ3) is 6.61. The topological polar surface area (TPSA) is 125 Å². The van der Waals surface area contributed by atoms with Gasteiger partial charge in [-0.05, 0) is 82.0 Å². The van der Waals surface area contributed by atoms with Gasteiger partial charge in [-0.25, -0.2) is 9.97 Å². The number of aromatic nitrogens is 3. The Morgan fingerprint density at radius 1 is 0.911 bits per heavy atom. The fourth-order valence-electron chi connectivity index (χ4n) is 7.29. The van der Waals surface area contributed by atoms with Crippen molar-refractivity contribution < 1.29 is 9.53 Å². The Labute approximate surface area is 265 Å². The van der Waals surface area contributed by atoms with E-state index in [2.05, 4.69) is 49.5 Å². The summed E-state index contributed by atoms with van der Waals surface area (Å²) in [6.45, 7) is 8.53. The molecule has 2 aromatic heterocycles. The number of amides is 1. The third-order valence-electron chi connectivity index (χ3n) is 10.3. The molecule has 3 aromatic rings. The molecule has 0 bridgehead atoms. The molecule has 1 saturated carbocycles. The number of anilines is 4. The van der Waals surface area contributed by atoms with Crippen molar-refractivity contribution in [3.63, 3.8) is 0 Å². The van der Waals surface area contributed by atoms with Gasteiger partial charge in [-0.15, -0.1) is 0 Å². The molecule has 45 heavy (non-hydrogen) atoms. The summed E-state index contributed by atoms with van der Waals surface area (Å²) in [6, 6.07) is 14.9. The number of nitrogens with two attached hydrogens (primary N) is 1. The maximum atomic E-state index is 12.6. The molecule has 0 atom stereocenters. The number of nitrogens with zero attached hydrogens (tertiary/aromatic N) is 6. The fraction of sp³-hybridized carbons (Fsp3) is 0.529. The second kappa shape index (κ2) is 12.9. The summed E-state index contributed by atoms with van der Waals surface area (Å²) in [5, 5.41) is 6.99. The smallest absolute Gasteiger partial charge is 0.271 e. The molecule has 1 aromatic carbocycles. The Morgan fingerprint density at radius 2 is 1.64 bits per heavy atom. The van der Waals surface area contributed by atoms with Crippen LogP contribution in [0.15, 0.2) is 48.7 Å². The Hall–Kier alpha value is -3.80. The van der Waals surface area contributed by atoms with Gasteiger partial charge in [-0.2, -0.15) is 0 Å². The molecule has 1 aliphatic carbocycles. The summed E-state index contributed by atoms with van der Waals surface area (Å²) in [4.78, 5) is 34.4. The number of hydrogen-bond donors (Lipinski definition) is 3. The van der Waals surface area contributed by atoms with Gasteiger partial charge in [0.15, 0.2) is 17.3 Å². The molecule has 238 valence electrons. The average molecular weight is 612 g/mol. The lowest BCUT2D eigenvalue weighted by Crippen LogP contribution is -2.52. The van der Waals surface area contributed by atoms with Crippen molar-refractivity contribution in [1.29, 1.82) is 0 Å². The number of primary amides is 1. The van der Waals surface area contributed by atoms with Crippen LogP contribution in [0.4, 0.5) is 23.0 Å². The minimum absolute atomic E-state index is 0.0884. The van der Waals surface area contributed by atoms with E-state index in [1.54, 1.807) is 6.20 Å². The van der Waals surface area contributed by atoms with Crippen molar-refractivity contribution >= 4 is 28.9 Å². The highest BCUT2D eigenvalue weighted by Gasteiger charge is 2.41. The zero-order valence-corrected chi connectivity index (χ0v) is 26.3. The SMILES string of the molecule is CN1CCN(C2CCN(c3ccc(Nc4nc(NC5CCC6(CC5)COC6)c(-c5ccccn5)nc4C(N)=O)cc3)CC2)CC1. The standard InChI is InChI=1S/C34H45N9O2/c1-41-18-20-43(21-19-41)27-11-16-42(17-12-27)26-7-5-24(6-8-26)37-33-30(31(35)44)39-29(28-4-2-3-15-36-28)32(40-33)38-25-9-13-34(14-10-25)22-45-23-34/h2-8,15,25,27H,9-14,16-23H2,1H3,(H2,35,44)(H2,37,38,40). The van der Waals surface area contributed by atoms with Gasteiger partial charge in [-0.3, -0.25) is 14.7 Å². The van der Waals surface area contributed by atoms with Crippen LogP contribution in [0.1, 0.15) is 49.0 Å². The van der Waals surface area contributed by atoms with E-state index in [0.29, 0.717) is 34.5 Å². The quantitative estimate of drug-likeness (QED) is 0.345. The number of carbonyl (C=O) groups excluding carboxylic acids is 1. The molecule has 3 aliphatic heterocycles. The van der Waals surface area contributed by atoms with Crippen LogP contribution in [-0.4, -0.2) is 102 Å². The van der Waals surface area contributed by atoms with Crippen LogP contribution in [0.25, 0.3) is 11.4 Å². The van der Waals surface area contributed by atoms with E-state index >= 15 is 0 Å². The van der Waals surface area contributed by atoms with Crippen LogP contribution < -0.4 is 21.3 Å². The Morgan fingerprint density at radius 3 is 2.27 bits per heavy atom. The van der Waals surface area contributed by atoms with E-state index < -0.39 is 5.91 Å². The van der Waals surface area contributed by atoms with E-state index in [9.17, 15) is 4.79 Å². The summed E-state index contributed by atoms with van der Waals surface area (Å²) in [5.41, 5.74) is 9.48. The highest BCUT2D eigenvalue weighted by atomic mass is 16.5. The van der Waals surface area contributed by atoms with E-state index in [1.165, 1.54) is 31.6 Å². The molecule has 4 fully saturated rings. The lowest BCUT2D eigenvalue weighted by molar-refractivity contribution is -0.131. The molecule has 7 rings (SSSR count). The molecule has 3 saturated heterocycles. The van der Waals surface area contributed by atoms with Crippen LogP contribution >= 0.6 is 0 Å². The zero-order valence-electron chi connectivity index (χ0n) is 26.3. The maximum Gasteiger partial charge on any atom is 0.271 e. The molecule has 1 amide bonds. The van der Waals surface area contributed by atoms with E-state index in [1.807, 2.05) is 30.3 Å². The summed E-state index contributed by atoms with van der Waals surface area (Å²) in [6.07, 6.45) is 8.41. The number of ether oxygens (including phenoxy) is 1. The van der Waals surface area contributed by atoms with Gasteiger partial charge in [0.25, 0.3) is 5.91 Å². The molecule has 11 nitrogen and oxygen atoms in total. The number of likely N-dealkylation sites (N-methyl/N-ethyl adjacent to an activating group) is 1. The number of hydrogen-bond acceptors (Lipinski definition) is 10. The van der Waals surface area contributed by atoms with Gasteiger partial charge in [0.1, 0.15) is 5.69 Å². The van der Waals surface area contributed by atoms with Gasteiger partial charge in [0.2, 0.25) is 0 Å². The van der Waals surface area contributed by atoms with Gasteiger partial charge >= 0.3 is 0 Å². The summed E-state index contributed by atoms with van der Waals surface area (Å²) in [7, 11) is 2.21. The minimum atomic E-state index is -0.641. The van der Waals surface area contributed by atoms with Crippen molar-refractivity contribution in [3.05, 3.63) is 54.4 Å². The van der Waals surface area contributed by atoms with Crippen molar-refractivity contribution in [2.75, 3.05) is 75.1 Å². The predicted octanol–water partition coefficient (Wildman–Crippen LogP) is 3.97. The third-order valence-corrected chi connectivity index (χ3v) is 10.3. The number of piperidine rings is 1. The van der Waals surface area contributed by atoms with Crippen molar-refractivity contribution in [2.45, 2.75) is 50.6 Å². The largest absolute Gasteiger partial charge is 0.380 e. The number of benzene rings is 1. The average Bonchev–Trinajstić information content (AvgIpc) is 3.06. The van der Waals surface area contributed by atoms with Crippen molar-refractivity contribution in [2.24, 2.45) is 11.1 Å². The lowest BCUT2D eigenvalue weighted by atomic mass is 9.71. The van der Waals surface area contributed by atoms with E-state index in [-0.39, 0.29) is 11.7 Å². The van der Waals surface area contributed by atoms with Crippen LogP contribution in [0.2, 0.25) is 0 Å². The lowest BCUT2D eigenvalue weighted by Gasteiger charge is -2.46. The first-order valence-corrected chi connectivity index (χ1v) is 16.5. The highest BCUT2D eigenvalue weighted by molar-refractivity contribution is 5.97. The predicted molar refractivity (Wildman–Crippen MR) is 177 cm³/mol. The van der Waals surface area contributed by atoms with E-state index in [0.717, 1.165) is 70.8 Å². The number of nitrogens with one attached hydrogen (secondary N) is 2. The second-order valence-electron chi connectivity index (χ2n) is 13.3. The molecule has 5 heterocycles. The molecule has 4 N–H and O–H groups in total. The molecular weight excluding hydrogens is 566 g/mol. The number of carbonyl (C=O) groups is 1. The molecule has 11 heteroatoms. The van der Waals surface area contributed by atoms with Crippen LogP contribution in [0.3, 0.4) is 0 Å². The minimum Gasteiger partial charge on any atom is -0.380 e. The first kappa shape index (κ1) is 29.9. The molecule has 4 aliphatic rings. The number of pyridine rings is 1. The first-order chi connectivity index (χ1) is 21.9. The molecule has 1 spiro atoms. The molecule has 0 radical (unpaired) electrons. The molecule has 0 unspecified atom stereocenters. The summed E-state index contributed by atoms with van der Waals surface area (Å²) in [5.74, 6) is 0.301. The van der Waals surface area contributed by atoms with Gasteiger partial charge in [0.05, 0.1) is 18.9 Å². The normalized spacial score (nSPS) is 21.4. The summed E-state index contributed by atoms with van der Waals surface area (Å²) >= 11 is 0. The summed E-state index contributed by atoms with van der Waals surface area (Å²) < 4.78 is 5.52. The Bertz CT molecular complexity index is 1450. The van der Waals surface area contributed by atoms with Gasteiger partial charge < -0.3 is 30.9 Å². The second-order valence-corrected chi connectivity index (χ2v) is 13.3. The van der Waals surface area contributed by atoms with Crippen molar-refractivity contribution in [3.8, 4) is 11.4 Å². The van der Waals surface area contributed by atoms with Crippen LogP contribution in [0, 0.1) is 5.41 Å². The van der Waals surface area contributed by atoms with E-state index in [4.69, 9.17) is 20.4 Å². The van der Waals surface area contributed by atoms with Gasteiger partial charge in [-0.1, -0.05) is 6.07 Å². The monoisotopic (exact) mass is 611 g/mol. The highest BCUT2D eigenvalue weighted by Crippen LogP contribution is 2.43.